The van der Waals surface area contributed by atoms with Crippen LogP contribution in [-0.2, 0) is 17.8 Å². The van der Waals surface area contributed by atoms with Gasteiger partial charge in [0.25, 0.3) is 0 Å². The third kappa shape index (κ3) is 4.88. The summed E-state index contributed by atoms with van der Waals surface area (Å²) in [4.78, 5) is 13.8. The number of thiophene rings is 1. The Hall–Kier alpha value is -2.29. The van der Waals surface area contributed by atoms with E-state index in [-0.39, 0.29) is 11.7 Å². The zero-order valence-electron chi connectivity index (χ0n) is 17.1. The summed E-state index contributed by atoms with van der Waals surface area (Å²) in [7, 11) is 1.55. The maximum atomic E-state index is 12.5. The van der Waals surface area contributed by atoms with E-state index in [2.05, 4.69) is 41.3 Å². The molecule has 158 valence electrons. The SMILES string of the molecule is C=CCn1c(SCC(=O)Nc2cc(Cl)ccc2OC)nnc1-c1csc(C)c1CC. The number of thioether (sulfide) groups is 1. The van der Waals surface area contributed by atoms with Gasteiger partial charge in [-0.25, -0.2) is 0 Å². The number of nitrogens with one attached hydrogen (secondary N) is 1. The summed E-state index contributed by atoms with van der Waals surface area (Å²) >= 11 is 9.07. The van der Waals surface area contributed by atoms with Gasteiger partial charge in [-0.2, -0.15) is 0 Å². The number of ether oxygens (including phenoxy) is 1. The van der Waals surface area contributed by atoms with E-state index >= 15 is 0 Å². The van der Waals surface area contributed by atoms with Gasteiger partial charge in [-0.3, -0.25) is 9.36 Å². The van der Waals surface area contributed by atoms with Crippen LogP contribution in [0.1, 0.15) is 17.4 Å². The predicted molar refractivity (Wildman–Crippen MR) is 125 cm³/mol. The minimum absolute atomic E-state index is 0.175. The van der Waals surface area contributed by atoms with Crippen LogP contribution in [0.25, 0.3) is 11.4 Å². The molecule has 2 heterocycles. The van der Waals surface area contributed by atoms with Crippen molar-refractivity contribution in [2.24, 2.45) is 0 Å². The van der Waals surface area contributed by atoms with Gasteiger partial charge in [-0.05, 0) is 37.1 Å². The normalized spacial score (nSPS) is 10.8. The highest BCUT2D eigenvalue weighted by Crippen LogP contribution is 2.33. The predicted octanol–water partition coefficient (Wildman–Crippen LogP) is 5.46. The smallest absolute Gasteiger partial charge is 0.234 e. The summed E-state index contributed by atoms with van der Waals surface area (Å²) in [6.07, 6.45) is 2.73. The summed E-state index contributed by atoms with van der Waals surface area (Å²) < 4.78 is 7.27. The van der Waals surface area contributed by atoms with Crippen LogP contribution >= 0.6 is 34.7 Å². The Morgan fingerprint density at radius 1 is 1.43 bits per heavy atom. The maximum Gasteiger partial charge on any atom is 0.234 e. The molecule has 0 bridgehead atoms. The largest absolute Gasteiger partial charge is 0.495 e. The quantitative estimate of drug-likeness (QED) is 0.338. The van der Waals surface area contributed by atoms with E-state index in [0.717, 1.165) is 17.8 Å². The summed E-state index contributed by atoms with van der Waals surface area (Å²) in [5, 5.41) is 14.9. The molecule has 0 radical (unpaired) electrons. The topological polar surface area (TPSA) is 69.0 Å². The first kappa shape index (κ1) is 22.4. The molecule has 0 unspecified atom stereocenters. The highest BCUT2D eigenvalue weighted by Gasteiger charge is 2.19. The van der Waals surface area contributed by atoms with Gasteiger partial charge in [-0.1, -0.05) is 36.4 Å². The number of benzene rings is 1. The number of aryl methyl sites for hydroxylation is 1. The first-order valence-electron chi connectivity index (χ1n) is 9.36. The number of carbonyl (C=O) groups is 1. The summed E-state index contributed by atoms with van der Waals surface area (Å²) in [5.41, 5.74) is 2.90. The van der Waals surface area contributed by atoms with E-state index in [9.17, 15) is 4.79 Å². The van der Waals surface area contributed by atoms with Crippen molar-refractivity contribution in [3.05, 3.63) is 51.7 Å². The molecular weight excluding hydrogens is 440 g/mol. The lowest BCUT2D eigenvalue weighted by Gasteiger charge is -2.11. The van der Waals surface area contributed by atoms with Crippen molar-refractivity contribution in [1.82, 2.24) is 14.8 Å². The van der Waals surface area contributed by atoms with Crippen LogP contribution in [0, 0.1) is 6.92 Å². The third-order valence-corrected chi connectivity index (χ3v) is 6.65. The Balaban J connectivity index is 1.77. The second-order valence-electron chi connectivity index (χ2n) is 6.42. The van der Waals surface area contributed by atoms with Crippen LogP contribution in [0.2, 0.25) is 5.02 Å². The fourth-order valence-corrected chi connectivity index (χ4v) is 4.95. The van der Waals surface area contributed by atoms with E-state index in [1.165, 1.54) is 22.2 Å². The van der Waals surface area contributed by atoms with Crippen LogP contribution in [0.5, 0.6) is 5.75 Å². The Kier molecular flexibility index (Phi) is 7.58. The molecule has 3 aromatic rings. The van der Waals surface area contributed by atoms with E-state index in [1.54, 1.807) is 42.7 Å². The number of allylic oxidation sites excluding steroid dienone is 1. The molecule has 1 aromatic carbocycles. The van der Waals surface area contributed by atoms with Gasteiger partial charge in [0.05, 0.1) is 18.6 Å². The number of nitrogens with zero attached hydrogens (tertiary/aromatic N) is 3. The van der Waals surface area contributed by atoms with Crippen molar-refractivity contribution in [3.8, 4) is 17.1 Å². The van der Waals surface area contributed by atoms with E-state index in [4.69, 9.17) is 16.3 Å². The van der Waals surface area contributed by atoms with Gasteiger partial charge in [0, 0.05) is 27.4 Å². The van der Waals surface area contributed by atoms with Crippen molar-refractivity contribution in [2.75, 3.05) is 18.2 Å². The molecule has 1 amide bonds. The monoisotopic (exact) mass is 462 g/mol. The van der Waals surface area contributed by atoms with Gasteiger partial charge in [-0.15, -0.1) is 28.1 Å². The average molecular weight is 463 g/mol. The molecule has 9 heteroatoms. The van der Waals surface area contributed by atoms with Crippen LogP contribution in [-0.4, -0.2) is 33.5 Å². The number of amides is 1. The number of hydrogen-bond donors (Lipinski definition) is 1. The van der Waals surface area contributed by atoms with Crippen LogP contribution in [0.15, 0.2) is 41.4 Å². The molecule has 0 spiro atoms. The maximum absolute atomic E-state index is 12.5. The highest BCUT2D eigenvalue weighted by atomic mass is 35.5. The fourth-order valence-electron chi connectivity index (χ4n) is 3.09. The molecule has 0 aliphatic heterocycles. The van der Waals surface area contributed by atoms with Crippen molar-refractivity contribution >= 4 is 46.3 Å². The minimum atomic E-state index is -0.184. The number of hydrogen-bond acceptors (Lipinski definition) is 6. The van der Waals surface area contributed by atoms with E-state index in [1.807, 2.05) is 4.57 Å². The molecule has 1 N–H and O–H groups in total. The van der Waals surface area contributed by atoms with Crippen molar-refractivity contribution in [3.63, 3.8) is 0 Å². The zero-order chi connectivity index (χ0) is 21.7. The summed E-state index contributed by atoms with van der Waals surface area (Å²) in [5.74, 6) is 1.34. The molecule has 0 saturated heterocycles. The van der Waals surface area contributed by atoms with Crippen molar-refractivity contribution in [2.45, 2.75) is 32.0 Å². The number of halogens is 1. The number of rotatable bonds is 9. The van der Waals surface area contributed by atoms with Crippen LogP contribution < -0.4 is 10.1 Å². The highest BCUT2D eigenvalue weighted by molar-refractivity contribution is 7.99. The fraction of sp³-hybridized carbons (Fsp3) is 0.286. The molecule has 2 aromatic heterocycles. The van der Waals surface area contributed by atoms with Gasteiger partial charge >= 0.3 is 0 Å². The lowest BCUT2D eigenvalue weighted by molar-refractivity contribution is -0.113. The Morgan fingerprint density at radius 3 is 2.93 bits per heavy atom. The molecule has 0 aliphatic carbocycles. The number of aromatic nitrogens is 3. The number of carbonyl (C=O) groups excluding carboxylic acids is 1. The molecule has 30 heavy (non-hydrogen) atoms. The Labute approximate surface area is 189 Å². The Bertz CT molecular complexity index is 1060. The third-order valence-electron chi connectivity index (χ3n) is 4.49. The van der Waals surface area contributed by atoms with Crippen molar-refractivity contribution in [1.29, 1.82) is 0 Å². The second-order valence-corrected chi connectivity index (χ2v) is 8.89. The molecule has 0 saturated carbocycles. The van der Waals surface area contributed by atoms with Gasteiger partial charge in [0.15, 0.2) is 11.0 Å². The lowest BCUT2D eigenvalue weighted by atomic mass is 10.1. The molecule has 0 atom stereocenters. The first-order valence-corrected chi connectivity index (χ1v) is 11.6. The first-order chi connectivity index (χ1) is 14.5. The molecule has 3 rings (SSSR count). The van der Waals surface area contributed by atoms with Crippen LogP contribution in [0.4, 0.5) is 5.69 Å². The molecule has 6 nitrogen and oxygen atoms in total. The number of anilines is 1. The average Bonchev–Trinajstić information content (AvgIpc) is 3.29. The molecule has 0 aliphatic rings. The lowest BCUT2D eigenvalue weighted by Crippen LogP contribution is -2.15. The van der Waals surface area contributed by atoms with E-state index in [0.29, 0.717) is 28.2 Å². The zero-order valence-corrected chi connectivity index (χ0v) is 19.5. The number of methoxy groups -OCH3 is 1. The van der Waals surface area contributed by atoms with E-state index < -0.39 is 0 Å². The summed E-state index contributed by atoms with van der Waals surface area (Å²) in [6, 6.07) is 5.08. The standard InChI is InChI=1S/C21H23ClN4O2S2/c1-5-9-26-20(16-11-29-13(3)15(16)6-2)24-25-21(26)30-12-19(27)23-17-10-14(22)7-8-18(17)28-4/h5,7-8,10-11H,1,6,9,12H2,2-4H3,(H,23,27). The molecule has 0 fully saturated rings. The summed E-state index contributed by atoms with van der Waals surface area (Å²) in [6.45, 7) is 8.66. The van der Waals surface area contributed by atoms with Crippen molar-refractivity contribution < 1.29 is 9.53 Å². The second kappa shape index (κ2) is 10.1. The van der Waals surface area contributed by atoms with Gasteiger partial charge < -0.3 is 10.1 Å². The Morgan fingerprint density at radius 2 is 2.23 bits per heavy atom. The van der Waals surface area contributed by atoms with Crippen LogP contribution in [0.3, 0.4) is 0 Å². The van der Waals surface area contributed by atoms with Gasteiger partial charge in [0.2, 0.25) is 5.91 Å². The van der Waals surface area contributed by atoms with Gasteiger partial charge in [0.1, 0.15) is 5.75 Å². The minimum Gasteiger partial charge on any atom is -0.495 e. The molecular formula is C21H23ClN4O2S2.